The Kier molecular flexibility index (Phi) is 8.70. The van der Waals surface area contributed by atoms with E-state index in [2.05, 4.69) is 31.2 Å². The molecule has 200 valence electrons. The highest BCUT2D eigenvalue weighted by Gasteiger charge is 2.22. The van der Waals surface area contributed by atoms with E-state index in [-0.39, 0.29) is 17.9 Å². The minimum Gasteiger partial charge on any atom is -0.507 e. The van der Waals surface area contributed by atoms with Crippen LogP contribution in [0.1, 0.15) is 10.4 Å². The lowest BCUT2D eigenvalue weighted by atomic mass is 10.1. The van der Waals surface area contributed by atoms with E-state index in [1.165, 1.54) is 18.2 Å². The van der Waals surface area contributed by atoms with E-state index in [0.29, 0.717) is 23.9 Å². The lowest BCUT2D eigenvalue weighted by molar-refractivity contribution is -0.138. The molecule has 1 aromatic heterocycles. The van der Waals surface area contributed by atoms with Gasteiger partial charge >= 0.3 is 12.0 Å². The molecule has 1 heterocycles. The Hall–Kier alpha value is -5.39. The number of nitrogens with zero attached hydrogens (tertiary/aromatic N) is 2. The smallest absolute Gasteiger partial charge is 0.328 e. The van der Waals surface area contributed by atoms with E-state index in [4.69, 9.17) is 4.74 Å². The van der Waals surface area contributed by atoms with E-state index >= 15 is 0 Å². The fourth-order valence-electron chi connectivity index (χ4n) is 3.66. The molecule has 1 atom stereocenters. The predicted molar refractivity (Wildman–Crippen MR) is 144 cm³/mol. The molecule has 3 amide bonds. The Morgan fingerprint density at radius 2 is 1.72 bits per heavy atom. The fourth-order valence-corrected chi connectivity index (χ4v) is 3.66. The highest BCUT2D eigenvalue weighted by Crippen LogP contribution is 2.24. The van der Waals surface area contributed by atoms with Crippen LogP contribution in [-0.2, 0) is 4.79 Å². The number of carboxylic acids is 1. The van der Waals surface area contributed by atoms with Gasteiger partial charge in [0.1, 0.15) is 24.1 Å². The zero-order chi connectivity index (χ0) is 27.6. The zero-order valence-corrected chi connectivity index (χ0v) is 20.6. The van der Waals surface area contributed by atoms with Crippen LogP contribution in [-0.4, -0.2) is 63.8 Å². The SMILES string of the molecule is O=C(Nc1cccc2ccccc12)N[C@@H](CNC(=O)c1ccc(OCCNc2ncccn2)cc1O)C(=O)O. The number of aromatic hydroxyl groups is 1. The number of hydrogen-bond acceptors (Lipinski definition) is 8. The van der Waals surface area contributed by atoms with Gasteiger partial charge in [-0.3, -0.25) is 4.79 Å². The summed E-state index contributed by atoms with van der Waals surface area (Å²) in [6.07, 6.45) is 3.21. The third-order valence-corrected chi connectivity index (χ3v) is 5.54. The summed E-state index contributed by atoms with van der Waals surface area (Å²) in [4.78, 5) is 44.9. The van der Waals surface area contributed by atoms with Gasteiger partial charge in [-0.15, -0.1) is 0 Å². The number of carboxylic acid groups (broad SMARTS) is 1. The Morgan fingerprint density at radius 1 is 0.949 bits per heavy atom. The van der Waals surface area contributed by atoms with Gasteiger partial charge in [-0.25, -0.2) is 19.6 Å². The van der Waals surface area contributed by atoms with Crippen molar-refractivity contribution >= 4 is 40.3 Å². The van der Waals surface area contributed by atoms with Crippen LogP contribution >= 0.6 is 0 Å². The van der Waals surface area contributed by atoms with Gasteiger partial charge in [0.2, 0.25) is 5.95 Å². The van der Waals surface area contributed by atoms with Crippen molar-refractivity contribution in [1.82, 2.24) is 20.6 Å². The summed E-state index contributed by atoms with van der Waals surface area (Å²) >= 11 is 0. The molecular weight excluding hydrogens is 504 g/mol. The molecule has 12 nitrogen and oxygen atoms in total. The molecular formula is C27H26N6O6. The van der Waals surface area contributed by atoms with Gasteiger partial charge in [0.25, 0.3) is 5.91 Å². The molecule has 0 fully saturated rings. The molecule has 0 unspecified atom stereocenters. The number of hydrogen-bond donors (Lipinski definition) is 6. The zero-order valence-electron chi connectivity index (χ0n) is 20.6. The first-order valence-corrected chi connectivity index (χ1v) is 11.9. The number of benzene rings is 3. The first-order valence-electron chi connectivity index (χ1n) is 11.9. The quantitative estimate of drug-likeness (QED) is 0.159. The second-order valence-corrected chi connectivity index (χ2v) is 8.25. The van der Waals surface area contributed by atoms with Crippen LogP contribution in [0.15, 0.2) is 79.1 Å². The van der Waals surface area contributed by atoms with Gasteiger partial charge in [0.15, 0.2) is 0 Å². The Labute approximate surface area is 223 Å². The maximum Gasteiger partial charge on any atom is 0.328 e. The number of rotatable bonds is 11. The molecule has 12 heteroatoms. The van der Waals surface area contributed by atoms with Crippen LogP contribution in [0, 0.1) is 0 Å². The normalized spacial score (nSPS) is 11.3. The van der Waals surface area contributed by atoms with Gasteiger partial charge in [-0.05, 0) is 29.7 Å². The number of fused-ring (bicyclic) bond motifs is 1. The summed E-state index contributed by atoms with van der Waals surface area (Å²) in [5.41, 5.74) is 0.428. The molecule has 0 spiro atoms. The lowest BCUT2D eigenvalue weighted by Crippen LogP contribution is -2.49. The second kappa shape index (κ2) is 12.7. The van der Waals surface area contributed by atoms with Crippen molar-refractivity contribution < 1.29 is 29.3 Å². The molecule has 39 heavy (non-hydrogen) atoms. The van der Waals surface area contributed by atoms with Crippen LogP contribution in [0.5, 0.6) is 11.5 Å². The lowest BCUT2D eigenvalue weighted by Gasteiger charge is -2.17. The van der Waals surface area contributed by atoms with Crippen LogP contribution in [0.4, 0.5) is 16.4 Å². The molecule has 0 saturated heterocycles. The number of carbonyl (C=O) groups is 3. The van der Waals surface area contributed by atoms with Gasteiger partial charge in [0, 0.05) is 30.4 Å². The molecule has 0 saturated carbocycles. The topological polar surface area (TPSA) is 175 Å². The number of amides is 3. The summed E-state index contributed by atoms with van der Waals surface area (Å²) in [6.45, 7) is 0.239. The number of ether oxygens (including phenoxy) is 1. The Balaban J connectivity index is 1.28. The number of anilines is 2. The standard InChI is InChI=1S/C27H26N6O6/c34-23-15-18(39-14-13-30-26-28-11-4-12-29-26)9-10-20(23)24(35)31-16-22(25(36)37)33-27(38)32-21-8-3-6-17-5-1-2-7-19(17)21/h1-12,15,22,34H,13-14,16H2,(H,31,35)(H,36,37)(H,28,29,30)(H2,32,33,38)/t22-/m0/s1. The van der Waals surface area contributed by atoms with E-state index in [9.17, 15) is 24.6 Å². The third-order valence-electron chi connectivity index (χ3n) is 5.54. The number of phenolic OH excluding ortho intramolecular Hbond substituents is 1. The molecule has 4 aromatic rings. The van der Waals surface area contributed by atoms with Gasteiger partial charge < -0.3 is 36.2 Å². The average molecular weight is 531 g/mol. The molecule has 0 radical (unpaired) electrons. The Morgan fingerprint density at radius 3 is 2.49 bits per heavy atom. The maximum atomic E-state index is 12.6. The van der Waals surface area contributed by atoms with E-state index in [0.717, 1.165) is 10.8 Å². The second-order valence-electron chi connectivity index (χ2n) is 8.25. The van der Waals surface area contributed by atoms with Crippen LogP contribution in [0.3, 0.4) is 0 Å². The summed E-state index contributed by atoms with van der Waals surface area (Å²) < 4.78 is 5.55. The Bertz CT molecular complexity index is 1460. The van der Waals surface area contributed by atoms with E-state index in [1.807, 2.05) is 30.3 Å². The number of urea groups is 1. The number of carbonyl (C=O) groups excluding carboxylic acids is 2. The summed E-state index contributed by atoms with van der Waals surface area (Å²) in [5.74, 6) is -1.63. The molecule has 0 aliphatic rings. The van der Waals surface area contributed by atoms with Crippen molar-refractivity contribution in [3.05, 3.63) is 84.7 Å². The third kappa shape index (κ3) is 7.32. The highest BCUT2D eigenvalue weighted by atomic mass is 16.5. The van der Waals surface area contributed by atoms with Crippen molar-refractivity contribution in [2.75, 3.05) is 30.3 Å². The van der Waals surface area contributed by atoms with Crippen molar-refractivity contribution in [3.8, 4) is 11.5 Å². The molecule has 3 aromatic carbocycles. The molecule has 0 bridgehead atoms. The van der Waals surface area contributed by atoms with Crippen molar-refractivity contribution in [2.45, 2.75) is 6.04 Å². The van der Waals surface area contributed by atoms with Gasteiger partial charge in [-0.1, -0.05) is 36.4 Å². The van der Waals surface area contributed by atoms with Crippen LogP contribution in [0.25, 0.3) is 10.8 Å². The predicted octanol–water partition coefficient (Wildman–Crippen LogP) is 2.83. The van der Waals surface area contributed by atoms with E-state index in [1.54, 1.807) is 30.6 Å². The molecule has 0 aliphatic heterocycles. The number of phenols is 1. The van der Waals surface area contributed by atoms with Gasteiger partial charge in [-0.2, -0.15) is 0 Å². The van der Waals surface area contributed by atoms with Crippen LogP contribution in [0.2, 0.25) is 0 Å². The number of aliphatic carboxylic acids is 1. The summed E-state index contributed by atoms with van der Waals surface area (Å²) in [5, 5.41) is 31.9. The summed E-state index contributed by atoms with van der Waals surface area (Å²) in [7, 11) is 0. The molecule has 4 rings (SSSR count). The minimum absolute atomic E-state index is 0.0810. The van der Waals surface area contributed by atoms with Crippen LogP contribution < -0.4 is 26.0 Å². The largest absolute Gasteiger partial charge is 0.507 e. The van der Waals surface area contributed by atoms with E-state index < -0.39 is 30.5 Å². The fraction of sp³-hybridized carbons (Fsp3) is 0.148. The first-order chi connectivity index (χ1) is 18.9. The molecule has 0 aliphatic carbocycles. The minimum atomic E-state index is -1.42. The summed E-state index contributed by atoms with van der Waals surface area (Å²) in [6, 6.07) is 16.4. The van der Waals surface area contributed by atoms with Crippen molar-refractivity contribution in [1.29, 1.82) is 0 Å². The monoisotopic (exact) mass is 530 g/mol. The van der Waals surface area contributed by atoms with Gasteiger partial charge in [0.05, 0.1) is 17.8 Å². The first kappa shape index (κ1) is 26.7. The molecule has 6 N–H and O–H groups in total. The van der Waals surface area contributed by atoms with Crippen molar-refractivity contribution in [3.63, 3.8) is 0 Å². The van der Waals surface area contributed by atoms with Crippen molar-refractivity contribution in [2.24, 2.45) is 0 Å². The average Bonchev–Trinajstić information content (AvgIpc) is 2.94. The maximum absolute atomic E-state index is 12.6. The number of nitrogens with one attached hydrogen (secondary N) is 4. The number of aromatic nitrogens is 2. The highest BCUT2D eigenvalue weighted by molar-refractivity contribution is 6.02.